The number of benzene rings is 1. The van der Waals surface area contributed by atoms with Gasteiger partial charge in [0.05, 0.1) is 12.5 Å². The van der Waals surface area contributed by atoms with Gasteiger partial charge in [-0.15, -0.1) is 0 Å². The van der Waals surface area contributed by atoms with E-state index in [-0.39, 0.29) is 5.97 Å². The molecule has 1 aromatic carbocycles. The van der Waals surface area contributed by atoms with Crippen molar-refractivity contribution >= 4 is 16.9 Å². The largest absolute Gasteiger partial charge is 0.468 e. The molecular weight excluding hydrogens is 202 g/mol. The molecule has 0 aliphatic heterocycles. The standard InChI is InChI=1S/C13H15NO2/c1-13(2,12(15)16-3)10-4-5-11-9(8-10)6-7-14-11/h4-8,14H,1-3H3. The van der Waals surface area contributed by atoms with Crippen LogP contribution in [0.1, 0.15) is 19.4 Å². The fourth-order valence-corrected chi connectivity index (χ4v) is 1.82. The van der Waals surface area contributed by atoms with E-state index in [1.807, 2.05) is 44.3 Å². The number of aromatic nitrogens is 1. The van der Waals surface area contributed by atoms with E-state index in [4.69, 9.17) is 4.74 Å². The molecule has 0 fully saturated rings. The first-order chi connectivity index (χ1) is 7.55. The molecule has 1 N–H and O–H groups in total. The minimum atomic E-state index is -0.611. The van der Waals surface area contributed by atoms with Gasteiger partial charge in [0, 0.05) is 11.7 Å². The molecule has 0 bridgehead atoms. The van der Waals surface area contributed by atoms with Crippen LogP contribution >= 0.6 is 0 Å². The van der Waals surface area contributed by atoms with Gasteiger partial charge in [-0.3, -0.25) is 4.79 Å². The molecule has 0 radical (unpaired) electrons. The normalized spacial score (nSPS) is 11.7. The van der Waals surface area contributed by atoms with Crippen LogP contribution in [0.4, 0.5) is 0 Å². The lowest BCUT2D eigenvalue weighted by molar-refractivity contribution is -0.146. The molecule has 0 saturated carbocycles. The van der Waals surface area contributed by atoms with Crippen molar-refractivity contribution in [1.82, 2.24) is 4.98 Å². The summed E-state index contributed by atoms with van der Waals surface area (Å²) in [5.41, 5.74) is 1.43. The first-order valence-electron chi connectivity index (χ1n) is 5.22. The molecule has 0 amide bonds. The van der Waals surface area contributed by atoms with Crippen LogP contribution in [0.5, 0.6) is 0 Å². The molecule has 0 unspecified atom stereocenters. The summed E-state index contributed by atoms with van der Waals surface area (Å²) >= 11 is 0. The number of carbonyl (C=O) groups is 1. The summed E-state index contributed by atoms with van der Waals surface area (Å²) in [5.74, 6) is -0.220. The topological polar surface area (TPSA) is 42.1 Å². The Morgan fingerprint density at radius 2 is 2.06 bits per heavy atom. The molecule has 1 heterocycles. The van der Waals surface area contributed by atoms with Crippen LogP contribution in [0.2, 0.25) is 0 Å². The number of aromatic amines is 1. The highest BCUT2D eigenvalue weighted by molar-refractivity contribution is 5.86. The first-order valence-corrected chi connectivity index (χ1v) is 5.22. The van der Waals surface area contributed by atoms with Crippen molar-refractivity contribution in [2.45, 2.75) is 19.3 Å². The fourth-order valence-electron chi connectivity index (χ4n) is 1.82. The van der Waals surface area contributed by atoms with Gasteiger partial charge in [-0.05, 0) is 43.0 Å². The molecule has 16 heavy (non-hydrogen) atoms. The summed E-state index contributed by atoms with van der Waals surface area (Å²) in [6.45, 7) is 3.74. The molecular formula is C13H15NO2. The van der Waals surface area contributed by atoms with Crippen LogP contribution in [0.3, 0.4) is 0 Å². The number of rotatable bonds is 2. The highest BCUT2D eigenvalue weighted by atomic mass is 16.5. The van der Waals surface area contributed by atoms with E-state index >= 15 is 0 Å². The number of nitrogens with one attached hydrogen (secondary N) is 1. The molecule has 0 aliphatic rings. The van der Waals surface area contributed by atoms with Crippen LogP contribution in [-0.4, -0.2) is 18.1 Å². The first kappa shape index (κ1) is 10.7. The number of hydrogen-bond acceptors (Lipinski definition) is 2. The molecule has 0 spiro atoms. The lowest BCUT2D eigenvalue weighted by Gasteiger charge is -2.21. The zero-order chi connectivity index (χ0) is 11.8. The van der Waals surface area contributed by atoms with E-state index in [9.17, 15) is 4.79 Å². The second kappa shape index (κ2) is 3.67. The van der Waals surface area contributed by atoms with Gasteiger partial charge >= 0.3 is 5.97 Å². The summed E-state index contributed by atoms with van der Waals surface area (Å²) < 4.78 is 4.82. The van der Waals surface area contributed by atoms with Gasteiger partial charge in [0.25, 0.3) is 0 Å². The molecule has 3 nitrogen and oxygen atoms in total. The van der Waals surface area contributed by atoms with E-state index in [1.54, 1.807) is 0 Å². The minimum Gasteiger partial charge on any atom is -0.468 e. The van der Waals surface area contributed by atoms with Gasteiger partial charge in [-0.1, -0.05) is 6.07 Å². The highest BCUT2D eigenvalue weighted by Gasteiger charge is 2.30. The number of esters is 1. The van der Waals surface area contributed by atoms with Crippen molar-refractivity contribution in [3.8, 4) is 0 Å². The van der Waals surface area contributed by atoms with E-state index in [0.717, 1.165) is 16.5 Å². The maximum Gasteiger partial charge on any atom is 0.315 e. The lowest BCUT2D eigenvalue weighted by atomic mass is 9.84. The molecule has 0 aliphatic carbocycles. The molecule has 2 aromatic rings. The van der Waals surface area contributed by atoms with Crippen LogP contribution in [0, 0.1) is 0 Å². The Hall–Kier alpha value is -1.77. The monoisotopic (exact) mass is 217 g/mol. The minimum absolute atomic E-state index is 0.220. The van der Waals surface area contributed by atoms with Crippen molar-refractivity contribution in [2.24, 2.45) is 0 Å². The average Bonchev–Trinajstić information content (AvgIpc) is 2.74. The van der Waals surface area contributed by atoms with Crippen molar-refractivity contribution < 1.29 is 9.53 Å². The maximum atomic E-state index is 11.7. The van der Waals surface area contributed by atoms with Gasteiger partial charge in [0.2, 0.25) is 0 Å². The second-order valence-corrected chi connectivity index (χ2v) is 4.40. The maximum absolute atomic E-state index is 11.7. The Morgan fingerprint density at radius 1 is 1.31 bits per heavy atom. The summed E-state index contributed by atoms with van der Waals surface area (Å²) in [6, 6.07) is 7.94. The third-order valence-corrected chi connectivity index (χ3v) is 2.97. The van der Waals surface area contributed by atoms with Crippen LogP contribution in [0.25, 0.3) is 10.9 Å². The Labute approximate surface area is 94.4 Å². The van der Waals surface area contributed by atoms with Gasteiger partial charge < -0.3 is 9.72 Å². The van der Waals surface area contributed by atoms with Crippen molar-refractivity contribution in [2.75, 3.05) is 7.11 Å². The van der Waals surface area contributed by atoms with Gasteiger partial charge in [0.1, 0.15) is 0 Å². The molecule has 2 rings (SSSR count). The van der Waals surface area contributed by atoms with Gasteiger partial charge in [-0.2, -0.15) is 0 Å². The third-order valence-electron chi connectivity index (χ3n) is 2.97. The van der Waals surface area contributed by atoms with Gasteiger partial charge in [-0.25, -0.2) is 0 Å². The Kier molecular flexibility index (Phi) is 2.46. The van der Waals surface area contributed by atoms with E-state index in [2.05, 4.69) is 4.98 Å². The summed E-state index contributed by atoms with van der Waals surface area (Å²) in [7, 11) is 1.42. The third kappa shape index (κ3) is 1.58. The van der Waals surface area contributed by atoms with E-state index in [1.165, 1.54) is 7.11 Å². The second-order valence-electron chi connectivity index (χ2n) is 4.40. The molecule has 3 heteroatoms. The Bertz CT molecular complexity index is 525. The quantitative estimate of drug-likeness (QED) is 0.786. The molecule has 0 atom stereocenters. The Morgan fingerprint density at radius 3 is 2.75 bits per heavy atom. The number of fused-ring (bicyclic) bond motifs is 1. The summed E-state index contributed by atoms with van der Waals surface area (Å²) in [6.07, 6.45) is 1.89. The van der Waals surface area contributed by atoms with Crippen molar-refractivity contribution in [1.29, 1.82) is 0 Å². The number of carbonyl (C=O) groups excluding carboxylic acids is 1. The number of methoxy groups -OCH3 is 1. The average molecular weight is 217 g/mol. The molecule has 0 saturated heterocycles. The van der Waals surface area contributed by atoms with E-state index < -0.39 is 5.41 Å². The zero-order valence-electron chi connectivity index (χ0n) is 9.70. The van der Waals surface area contributed by atoms with E-state index in [0.29, 0.717) is 0 Å². The molecule has 84 valence electrons. The highest BCUT2D eigenvalue weighted by Crippen LogP contribution is 2.27. The predicted octanol–water partition coefficient (Wildman–Crippen LogP) is 2.62. The summed E-state index contributed by atoms with van der Waals surface area (Å²) in [5, 5.41) is 1.11. The number of ether oxygens (including phenoxy) is 1. The predicted molar refractivity (Wildman–Crippen MR) is 63.3 cm³/mol. The zero-order valence-corrected chi connectivity index (χ0v) is 9.70. The van der Waals surface area contributed by atoms with Crippen molar-refractivity contribution in [3.63, 3.8) is 0 Å². The summed E-state index contributed by atoms with van der Waals surface area (Å²) in [4.78, 5) is 14.8. The number of H-pyrrole nitrogens is 1. The van der Waals surface area contributed by atoms with Crippen LogP contribution < -0.4 is 0 Å². The Balaban J connectivity index is 2.50. The SMILES string of the molecule is COC(=O)C(C)(C)c1ccc2[nH]ccc2c1. The fraction of sp³-hybridized carbons (Fsp3) is 0.308. The number of hydrogen-bond donors (Lipinski definition) is 1. The van der Waals surface area contributed by atoms with Crippen LogP contribution in [0.15, 0.2) is 30.5 Å². The van der Waals surface area contributed by atoms with Crippen molar-refractivity contribution in [3.05, 3.63) is 36.0 Å². The lowest BCUT2D eigenvalue weighted by Crippen LogP contribution is -2.30. The molecule has 1 aromatic heterocycles. The van der Waals surface area contributed by atoms with Gasteiger partial charge in [0.15, 0.2) is 0 Å². The van der Waals surface area contributed by atoms with Crippen LogP contribution in [-0.2, 0) is 14.9 Å². The smallest absolute Gasteiger partial charge is 0.315 e.